The Balaban J connectivity index is 2.64. The number of hydrogen-bond donors (Lipinski definition) is 1. The Morgan fingerprint density at radius 3 is 2.86 bits per heavy atom. The van der Waals surface area contributed by atoms with E-state index >= 15 is 0 Å². The molecule has 1 unspecified atom stereocenters. The highest BCUT2D eigenvalue weighted by Gasteiger charge is 2.30. The maximum atomic E-state index is 10.8. The van der Waals surface area contributed by atoms with Crippen molar-refractivity contribution < 1.29 is 17.8 Å². The summed E-state index contributed by atoms with van der Waals surface area (Å²) in [6.45, 7) is 0. The van der Waals surface area contributed by atoms with E-state index in [4.69, 9.17) is 4.55 Å². The van der Waals surface area contributed by atoms with Crippen molar-refractivity contribution in [1.29, 1.82) is 0 Å². The molecule has 74 valence electrons. The molecular weight excluding hydrogens is 208 g/mol. The Kier molecular flexibility index (Phi) is 1.79. The second-order valence-corrected chi connectivity index (χ2v) is 4.09. The van der Waals surface area contributed by atoms with Crippen LogP contribution in [0.2, 0.25) is 0 Å². The molecule has 0 fully saturated rings. The zero-order valence-corrected chi connectivity index (χ0v) is 7.68. The van der Waals surface area contributed by atoms with Gasteiger partial charge >= 0.3 is 10.1 Å². The van der Waals surface area contributed by atoms with Gasteiger partial charge in [0.05, 0.1) is 5.69 Å². The molecule has 14 heavy (non-hydrogen) atoms. The van der Waals surface area contributed by atoms with Gasteiger partial charge < -0.3 is 4.79 Å². The SMILES string of the molecule is O=CC1N=C(S(=O)(=O)O)n2cccc21. The number of aldehydes is 1. The van der Waals surface area contributed by atoms with Gasteiger partial charge in [0.2, 0.25) is 0 Å². The minimum absolute atomic E-state index is 0.438. The normalized spacial score (nSPS) is 20.4. The van der Waals surface area contributed by atoms with Crippen molar-refractivity contribution in [2.24, 2.45) is 4.99 Å². The summed E-state index contributed by atoms with van der Waals surface area (Å²) >= 11 is 0. The van der Waals surface area contributed by atoms with E-state index < -0.39 is 21.3 Å². The standard InChI is InChI=1S/C7H6N2O4S/c10-4-5-6-2-1-3-9(6)7(8-5)14(11,12)13/h1-5H,(H,11,12,13). The second kappa shape index (κ2) is 2.76. The second-order valence-electron chi connectivity index (χ2n) is 2.77. The highest BCUT2D eigenvalue weighted by atomic mass is 32.2. The van der Waals surface area contributed by atoms with Crippen molar-refractivity contribution in [1.82, 2.24) is 4.57 Å². The van der Waals surface area contributed by atoms with Gasteiger partial charge in [0.1, 0.15) is 6.04 Å². The van der Waals surface area contributed by atoms with E-state index in [-0.39, 0.29) is 0 Å². The van der Waals surface area contributed by atoms with E-state index in [0.29, 0.717) is 12.0 Å². The van der Waals surface area contributed by atoms with Gasteiger partial charge in [-0.25, -0.2) is 4.99 Å². The van der Waals surface area contributed by atoms with Crippen LogP contribution in [0, 0.1) is 0 Å². The summed E-state index contributed by atoms with van der Waals surface area (Å²) in [4.78, 5) is 14.1. The summed E-state index contributed by atoms with van der Waals surface area (Å²) < 4.78 is 31.7. The van der Waals surface area contributed by atoms with Gasteiger partial charge in [-0.3, -0.25) is 9.12 Å². The topological polar surface area (TPSA) is 88.7 Å². The van der Waals surface area contributed by atoms with Gasteiger partial charge in [0.25, 0.3) is 5.17 Å². The molecule has 2 rings (SSSR count). The Morgan fingerprint density at radius 2 is 2.29 bits per heavy atom. The minimum atomic E-state index is -4.37. The Bertz CT molecular complexity index is 514. The molecule has 1 aromatic rings. The van der Waals surface area contributed by atoms with Crippen LogP contribution in [0.25, 0.3) is 0 Å². The maximum absolute atomic E-state index is 10.8. The van der Waals surface area contributed by atoms with Crippen molar-refractivity contribution >= 4 is 21.6 Å². The van der Waals surface area contributed by atoms with Gasteiger partial charge in [-0.2, -0.15) is 8.42 Å². The lowest BCUT2D eigenvalue weighted by molar-refractivity contribution is -0.108. The van der Waals surface area contributed by atoms with E-state index in [2.05, 4.69) is 4.99 Å². The number of nitrogens with zero attached hydrogens (tertiary/aromatic N) is 2. The first-order chi connectivity index (χ1) is 6.54. The van der Waals surface area contributed by atoms with Crippen LogP contribution in [-0.4, -0.2) is 29.0 Å². The Morgan fingerprint density at radius 1 is 1.57 bits per heavy atom. The van der Waals surface area contributed by atoms with Crippen LogP contribution in [0.15, 0.2) is 23.3 Å². The molecule has 0 amide bonds. The molecule has 7 heteroatoms. The molecule has 0 saturated carbocycles. The molecule has 1 aromatic heterocycles. The molecule has 1 aliphatic rings. The first-order valence-electron chi connectivity index (χ1n) is 3.72. The fourth-order valence-corrected chi connectivity index (χ4v) is 2.01. The average Bonchev–Trinajstić information content (AvgIpc) is 2.59. The van der Waals surface area contributed by atoms with Crippen molar-refractivity contribution in [3.05, 3.63) is 24.0 Å². The number of rotatable bonds is 1. The predicted molar refractivity (Wildman–Crippen MR) is 47.6 cm³/mol. The summed E-state index contributed by atoms with van der Waals surface area (Å²) in [6, 6.07) is 2.30. The minimum Gasteiger partial charge on any atom is -0.301 e. The quantitative estimate of drug-likeness (QED) is 0.519. The van der Waals surface area contributed by atoms with Crippen molar-refractivity contribution in [3.63, 3.8) is 0 Å². The maximum Gasteiger partial charge on any atom is 0.328 e. The van der Waals surface area contributed by atoms with E-state index in [1.54, 1.807) is 12.1 Å². The number of hydrogen-bond acceptors (Lipinski definition) is 4. The molecule has 6 nitrogen and oxygen atoms in total. The molecular formula is C7H6N2O4S. The van der Waals surface area contributed by atoms with E-state index in [1.807, 2.05) is 0 Å². The summed E-state index contributed by atoms with van der Waals surface area (Å²) in [6.07, 6.45) is 1.94. The number of aromatic nitrogens is 1. The lowest BCUT2D eigenvalue weighted by Gasteiger charge is -1.98. The van der Waals surface area contributed by atoms with Crippen LogP contribution >= 0.6 is 0 Å². The number of aliphatic imine (C=N–C) groups is 1. The van der Waals surface area contributed by atoms with Crippen molar-refractivity contribution in [2.75, 3.05) is 0 Å². The molecule has 0 aromatic carbocycles. The lowest BCUT2D eigenvalue weighted by Crippen LogP contribution is -2.19. The van der Waals surface area contributed by atoms with Gasteiger partial charge in [-0.1, -0.05) is 0 Å². The zero-order valence-electron chi connectivity index (χ0n) is 6.86. The van der Waals surface area contributed by atoms with Crippen molar-refractivity contribution in [2.45, 2.75) is 6.04 Å². The Hall–Kier alpha value is -1.47. The lowest BCUT2D eigenvalue weighted by atomic mass is 10.2. The summed E-state index contributed by atoms with van der Waals surface area (Å²) in [5.41, 5.74) is 0.438. The molecule has 0 aliphatic carbocycles. The van der Waals surface area contributed by atoms with Crippen LogP contribution in [-0.2, 0) is 14.9 Å². The molecule has 1 N–H and O–H groups in total. The fraction of sp³-hybridized carbons (Fsp3) is 0.143. The number of carbonyl (C=O) groups excluding carboxylic acids is 1. The summed E-state index contributed by atoms with van der Waals surface area (Å²) in [5, 5.41) is -0.505. The first-order valence-corrected chi connectivity index (χ1v) is 5.16. The molecule has 2 heterocycles. The van der Waals surface area contributed by atoms with Crippen LogP contribution in [0.5, 0.6) is 0 Å². The molecule has 1 atom stereocenters. The molecule has 0 spiro atoms. The largest absolute Gasteiger partial charge is 0.328 e. The third-order valence-corrected chi connectivity index (χ3v) is 2.66. The summed E-state index contributed by atoms with van der Waals surface area (Å²) in [5.74, 6) is 0. The third-order valence-electron chi connectivity index (χ3n) is 1.90. The van der Waals surface area contributed by atoms with Gasteiger partial charge in [0.15, 0.2) is 6.29 Å². The van der Waals surface area contributed by atoms with E-state index in [1.165, 1.54) is 10.8 Å². The van der Waals surface area contributed by atoms with Crippen LogP contribution in [0.4, 0.5) is 0 Å². The van der Waals surface area contributed by atoms with Crippen molar-refractivity contribution in [3.8, 4) is 0 Å². The van der Waals surface area contributed by atoms with Crippen LogP contribution in [0.1, 0.15) is 11.7 Å². The van der Waals surface area contributed by atoms with E-state index in [9.17, 15) is 13.2 Å². The highest BCUT2D eigenvalue weighted by Crippen LogP contribution is 2.24. The first kappa shape index (κ1) is 9.10. The number of carbonyl (C=O) groups is 1. The highest BCUT2D eigenvalue weighted by molar-refractivity contribution is 8.01. The van der Waals surface area contributed by atoms with Crippen LogP contribution in [0.3, 0.4) is 0 Å². The van der Waals surface area contributed by atoms with E-state index in [0.717, 1.165) is 0 Å². The van der Waals surface area contributed by atoms with Gasteiger partial charge in [-0.15, -0.1) is 0 Å². The van der Waals surface area contributed by atoms with Crippen LogP contribution < -0.4 is 0 Å². The Labute approximate surface area is 79.6 Å². The fourth-order valence-electron chi connectivity index (χ4n) is 1.35. The molecule has 0 saturated heterocycles. The third kappa shape index (κ3) is 1.17. The monoisotopic (exact) mass is 214 g/mol. The average molecular weight is 214 g/mol. The van der Waals surface area contributed by atoms with Gasteiger partial charge in [-0.05, 0) is 12.1 Å². The smallest absolute Gasteiger partial charge is 0.301 e. The number of fused-ring (bicyclic) bond motifs is 1. The molecule has 0 radical (unpaired) electrons. The summed E-state index contributed by atoms with van der Waals surface area (Å²) in [7, 11) is -4.37. The van der Waals surface area contributed by atoms with Gasteiger partial charge in [0, 0.05) is 6.20 Å². The predicted octanol–water partition coefficient (Wildman–Crippen LogP) is -0.166. The molecule has 1 aliphatic heterocycles. The molecule has 0 bridgehead atoms. The zero-order chi connectivity index (χ0) is 10.3.